The van der Waals surface area contributed by atoms with Crippen LogP contribution in [0.3, 0.4) is 0 Å². The molecule has 1 saturated carbocycles. The summed E-state index contributed by atoms with van der Waals surface area (Å²) < 4.78 is 5.46. The predicted octanol–water partition coefficient (Wildman–Crippen LogP) is 3.56. The summed E-state index contributed by atoms with van der Waals surface area (Å²) in [6, 6.07) is 6.85. The summed E-state index contributed by atoms with van der Waals surface area (Å²) in [4.78, 5) is 19.6. The Morgan fingerprint density at radius 1 is 1.42 bits per heavy atom. The van der Waals surface area contributed by atoms with Crippen molar-refractivity contribution in [3.05, 3.63) is 35.0 Å². The van der Waals surface area contributed by atoms with Crippen LogP contribution in [0.15, 0.2) is 18.2 Å². The number of nitrogens with zero attached hydrogens (tertiary/aromatic N) is 1. The molecule has 1 aliphatic carbocycles. The molecule has 0 spiro atoms. The number of esters is 1. The molecule has 0 radical (unpaired) electrons. The fraction of sp³-hybridized carbons (Fsp3) is 0.591. The molecule has 5 unspecified atom stereocenters. The number of H-pyrrole nitrogens is 1. The minimum Gasteiger partial charge on any atom is -0.468 e. The highest BCUT2D eigenvalue weighted by Gasteiger charge is 2.62. The van der Waals surface area contributed by atoms with E-state index in [2.05, 4.69) is 41.9 Å². The van der Waals surface area contributed by atoms with Gasteiger partial charge in [-0.05, 0) is 55.7 Å². The molecule has 4 heterocycles. The molecule has 5 atom stereocenters. The Bertz CT molecular complexity index is 886. The van der Waals surface area contributed by atoms with Gasteiger partial charge in [0.1, 0.15) is 5.41 Å². The minimum absolute atomic E-state index is 0.0400. The highest BCUT2D eigenvalue weighted by molar-refractivity contribution is 5.92. The van der Waals surface area contributed by atoms with E-state index >= 15 is 0 Å². The lowest BCUT2D eigenvalue weighted by Crippen LogP contribution is -2.67. The number of aryl methyl sites for hydroxylation is 1. The Hall–Kier alpha value is -1.81. The normalized spacial score (nSPS) is 35.2. The summed E-state index contributed by atoms with van der Waals surface area (Å²) in [5, 5.41) is 1.29. The van der Waals surface area contributed by atoms with Crippen molar-refractivity contribution in [2.24, 2.45) is 11.8 Å². The second-order valence-corrected chi connectivity index (χ2v) is 8.65. The largest absolute Gasteiger partial charge is 0.468 e. The summed E-state index contributed by atoms with van der Waals surface area (Å²) >= 11 is 0. The Labute approximate surface area is 154 Å². The molecular formula is C22H28N2O2. The van der Waals surface area contributed by atoms with Gasteiger partial charge in [0.2, 0.25) is 0 Å². The number of fused-ring (bicyclic) bond motifs is 4. The second kappa shape index (κ2) is 5.59. The van der Waals surface area contributed by atoms with Crippen LogP contribution in [0.4, 0.5) is 0 Å². The molecule has 4 aliphatic rings. The van der Waals surface area contributed by atoms with Crippen molar-refractivity contribution >= 4 is 16.9 Å². The van der Waals surface area contributed by atoms with E-state index < -0.39 is 5.41 Å². The van der Waals surface area contributed by atoms with Gasteiger partial charge in [-0.3, -0.25) is 9.69 Å². The van der Waals surface area contributed by atoms with Crippen molar-refractivity contribution in [3.8, 4) is 0 Å². The molecule has 1 N–H and O–H groups in total. The van der Waals surface area contributed by atoms with Gasteiger partial charge in [0, 0.05) is 35.7 Å². The zero-order chi connectivity index (χ0) is 18.1. The quantitative estimate of drug-likeness (QED) is 0.841. The molecule has 4 bridgehead atoms. The van der Waals surface area contributed by atoms with Gasteiger partial charge in [-0.15, -0.1) is 0 Å². The molecule has 1 aromatic heterocycles. The zero-order valence-corrected chi connectivity index (χ0v) is 16.0. The minimum atomic E-state index is -0.532. The molecule has 2 aromatic rings. The summed E-state index contributed by atoms with van der Waals surface area (Å²) in [7, 11) is 1.56. The first-order chi connectivity index (χ1) is 12.6. The van der Waals surface area contributed by atoms with Gasteiger partial charge in [-0.1, -0.05) is 25.0 Å². The average Bonchev–Trinajstić information content (AvgIpc) is 2.98. The average molecular weight is 352 g/mol. The number of methoxy groups -OCH3 is 1. The van der Waals surface area contributed by atoms with Gasteiger partial charge in [-0.25, -0.2) is 0 Å². The second-order valence-electron chi connectivity index (χ2n) is 8.65. The monoisotopic (exact) mass is 352 g/mol. The van der Waals surface area contributed by atoms with Crippen molar-refractivity contribution in [1.29, 1.82) is 0 Å². The Kier molecular flexibility index (Phi) is 3.52. The topological polar surface area (TPSA) is 45.3 Å². The molecule has 3 fully saturated rings. The van der Waals surface area contributed by atoms with Gasteiger partial charge in [0.25, 0.3) is 0 Å². The third kappa shape index (κ3) is 1.97. The van der Waals surface area contributed by atoms with Crippen LogP contribution in [0.25, 0.3) is 10.9 Å². The van der Waals surface area contributed by atoms with Crippen LogP contribution >= 0.6 is 0 Å². The molecule has 1 aromatic carbocycles. The van der Waals surface area contributed by atoms with Crippen LogP contribution in [0.1, 0.15) is 43.0 Å². The molecule has 4 heteroatoms. The molecule has 138 valence electrons. The summed E-state index contributed by atoms with van der Waals surface area (Å²) in [5.41, 5.74) is 4.40. The Morgan fingerprint density at radius 3 is 3.04 bits per heavy atom. The summed E-state index contributed by atoms with van der Waals surface area (Å²) in [5.74, 6) is 1.12. The van der Waals surface area contributed by atoms with Crippen LogP contribution in [0, 0.1) is 18.8 Å². The maximum Gasteiger partial charge on any atom is 0.319 e. The van der Waals surface area contributed by atoms with E-state index in [0.717, 1.165) is 43.6 Å². The number of carbonyl (C=O) groups is 1. The fourth-order valence-corrected chi connectivity index (χ4v) is 6.43. The van der Waals surface area contributed by atoms with Crippen LogP contribution < -0.4 is 0 Å². The third-order valence-electron chi connectivity index (χ3n) is 7.32. The summed E-state index contributed by atoms with van der Waals surface area (Å²) in [6.07, 6.45) is 4.32. The van der Waals surface area contributed by atoms with Crippen molar-refractivity contribution in [2.75, 3.05) is 20.2 Å². The summed E-state index contributed by atoms with van der Waals surface area (Å²) in [6.45, 7) is 6.60. The predicted molar refractivity (Wildman–Crippen MR) is 102 cm³/mol. The number of ether oxygens (including phenoxy) is 1. The van der Waals surface area contributed by atoms with Gasteiger partial charge in [-0.2, -0.15) is 0 Å². The van der Waals surface area contributed by atoms with E-state index in [9.17, 15) is 4.79 Å². The number of aromatic nitrogens is 1. The van der Waals surface area contributed by atoms with E-state index in [1.165, 1.54) is 22.9 Å². The number of aromatic amines is 1. The molecule has 6 rings (SSSR count). The first kappa shape index (κ1) is 16.4. The zero-order valence-electron chi connectivity index (χ0n) is 16.0. The highest BCUT2D eigenvalue weighted by atomic mass is 16.5. The van der Waals surface area contributed by atoms with E-state index in [1.807, 2.05) is 0 Å². The molecule has 2 saturated heterocycles. The Balaban J connectivity index is 1.81. The molecule has 4 nitrogen and oxygen atoms in total. The van der Waals surface area contributed by atoms with Crippen LogP contribution in [-0.2, 0) is 21.4 Å². The molecular weight excluding hydrogens is 324 g/mol. The molecule has 3 aliphatic heterocycles. The number of carbonyl (C=O) groups excluding carboxylic acids is 1. The lowest BCUT2D eigenvalue weighted by Gasteiger charge is -2.57. The van der Waals surface area contributed by atoms with Crippen LogP contribution in [0.2, 0.25) is 0 Å². The van der Waals surface area contributed by atoms with Crippen molar-refractivity contribution in [3.63, 3.8) is 0 Å². The van der Waals surface area contributed by atoms with Gasteiger partial charge < -0.3 is 9.72 Å². The lowest BCUT2D eigenvalue weighted by molar-refractivity contribution is -0.162. The first-order valence-corrected chi connectivity index (χ1v) is 10.0. The number of rotatable bonds is 2. The van der Waals surface area contributed by atoms with E-state index in [1.54, 1.807) is 7.11 Å². The van der Waals surface area contributed by atoms with E-state index in [-0.39, 0.29) is 12.0 Å². The molecule has 0 amide bonds. The van der Waals surface area contributed by atoms with Crippen molar-refractivity contribution < 1.29 is 9.53 Å². The van der Waals surface area contributed by atoms with Crippen molar-refractivity contribution in [1.82, 2.24) is 9.88 Å². The fourth-order valence-electron chi connectivity index (χ4n) is 6.43. The first-order valence-electron chi connectivity index (χ1n) is 10.0. The smallest absolute Gasteiger partial charge is 0.319 e. The number of hydrogen-bond acceptors (Lipinski definition) is 3. The number of benzene rings is 1. The Morgan fingerprint density at radius 2 is 2.27 bits per heavy atom. The number of piperidine rings is 2. The van der Waals surface area contributed by atoms with Gasteiger partial charge >= 0.3 is 5.97 Å². The SMILES string of the molecule is CCC1CC2CN3CCc4c([nH]c5ccc(C)cc45)C(C(=O)OC)(C2)C13. The third-order valence-corrected chi connectivity index (χ3v) is 7.32. The van der Waals surface area contributed by atoms with E-state index in [4.69, 9.17) is 4.74 Å². The maximum atomic E-state index is 13.3. The lowest BCUT2D eigenvalue weighted by atomic mass is 9.56. The molecule has 26 heavy (non-hydrogen) atoms. The van der Waals surface area contributed by atoms with E-state index in [0.29, 0.717) is 11.8 Å². The van der Waals surface area contributed by atoms with Crippen LogP contribution in [0.5, 0.6) is 0 Å². The highest BCUT2D eigenvalue weighted by Crippen LogP contribution is 2.55. The van der Waals surface area contributed by atoms with Gasteiger partial charge in [0.05, 0.1) is 7.11 Å². The van der Waals surface area contributed by atoms with Gasteiger partial charge in [0.15, 0.2) is 0 Å². The number of hydrogen-bond donors (Lipinski definition) is 1. The van der Waals surface area contributed by atoms with Crippen molar-refractivity contribution in [2.45, 2.75) is 51.0 Å². The number of nitrogens with one attached hydrogen (secondary N) is 1. The van der Waals surface area contributed by atoms with Crippen LogP contribution in [-0.4, -0.2) is 42.1 Å². The maximum absolute atomic E-state index is 13.3. The standard InChI is InChI=1S/C22H28N2O2/c1-4-15-10-14-11-22(21(25)26-3)19-16(7-8-24(12-14)20(15)22)17-9-13(2)5-6-18(17)23-19/h5-6,9,14-15,20,23H,4,7-8,10-12H2,1-3H3.